The number of nitrogens with one attached hydrogen (secondary N) is 1. The first kappa shape index (κ1) is 21.3. The van der Waals surface area contributed by atoms with E-state index in [9.17, 15) is 4.79 Å². The van der Waals surface area contributed by atoms with Crippen LogP contribution >= 0.6 is 0 Å². The maximum Gasteiger partial charge on any atom is 0.269 e. The summed E-state index contributed by atoms with van der Waals surface area (Å²) in [4.78, 5) is 12.5. The molecule has 0 radical (unpaired) electrons. The molecule has 1 atom stereocenters. The van der Waals surface area contributed by atoms with Gasteiger partial charge in [-0.05, 0) is 60.7 Å². The Labute approximate surface area is 195 Å². The standard InChI is InChI=1S/C25H21N3O6/c1-30-18-10-6-16(7-11-18)25-28-27-23(34-25)15-31-19-12-8-17(9-13-19)26-24(29)22-14-32-20-4-2-3-5-21(20)33-22/h2-13,22H,14-15H2,1H3,(H,26,29)/t22-/m0/s1. The molecule has 9 nitrogen and oxygen atoms in total. The number of rotatable bonds is 7. The number of hydrogen-bond acceptors (Lipinski definition) is 8. The largest absolute Gasteiger partial charge is 0.497 e. The minimum absolute atomic E-state index is 0.113. The number of methoxy groups -OCH3 is 1. The van der Waals surface area contributed by atoms with E-state index in [0.717, 1.165) is 11.3 Å². The monoisotopic (exact) mass is 459 g/mol. The van der Waals surface area contributed by atoms with Gasteiger partial charge in [0.25, 0.3) is 11.8 Å². The van der Waals surface area contributed by atoms with E-state index in [1.54, 1.807) is 43.5 Å². The minimum atomic E-state index is -0.733. The number of ether oxygens (including phenoxy) is 4. The fourth-order valence-electron chi connectivity index (χ4n) is 3.31. The van der Waals surface area contributed by atoms with Crippen molar-refractivity contribution in [3.8, 4) is 34.5 Å². The molecule has 34 heavy (non-hydrogen) atoms. The van der Waals surface area contributed by atoms with Gasteiger partial charge in [0.15, 0.2) is 18.1 Å². The topological polar surface area (TPSA) is 105 Å². The van der Waals surface area contributed by atoms with Gasteiger partial charge in [-0.2, -0.15) is 0 Å². The lowest BCUT2D eigenvalue weighted by atomic mass is 10.2. The lowest BCUT2D eigenvalue weighted by molar-refractivity contribution is -0.125. The molecule has 1 amide bonds. The molecule has 1 aliphatic heterocycles. The molecular weight excluding hydrogens is 438 g/mol. The molecule has 3 aromatic carbocycles. The van der Waals surface area contributed by atoms with E-state index in [-0.39, 0.29) is 19.1 Å². The summed E-state index contributed by atoms with van der Waals surface area (Å²) >= 11 is 0. The van der Waals surface area contributed by atoms with E-state index in [1.807, 2.05) is 36.4 Å². The van der Waals surface area contributed by atoms with Crippen LogP contribution in [0, 0.1) is 0 Å². The summed E-state index contributed by atoms with van der Waals surface area (Å²) in [6.07, 6.45) is -0.733. The minimum Gasteiger partial charge on any atom is -0.497 e. The van der Waals surface area contributed by atoms with Gasteiger partial charge in [0.1, 0.15) is 18.1 Å². The molecule has 5 rings (SSSR count). The number of carbonyl (C=O) groups excluding carboxylic acids is 1. The highest BCUT2D eigenvalue weighted by Crippen LogP contribution is 2.31. The van der Waals surface area contributed by atoms with E-state index < -0.39 is 6.10 Å². The summed E-state index contributed by atoms with van der Waals surface area (Å²) in [5, 5.41) is 10.9. The Balaban J connectivity index is 1.14. The molecule has 0 aliphatic carbocycles. The summed E-state index contributed by atoms with van der Waals surface area (Å²) in [7, 11) is 1.61. The Bertz CT molecular complexity index is 1270. The normalized spacial score (nSPS) is 14.3. The number of amides is 1. The summed E-state index contributed by atoms with van der Waals surface area (Å²) in [6, 6.07) is 21.5. The van der Waals surface area contributed by atoms with Crippen LogP contribution in [-0.2, 0) is 11.4 Å². The maximum absolute atomic E-state index is 12.5. The van der Waals surface area contributed by atoms with Crippen LogP contribution < -0.4 is 24.3 Å². The predicted octanol–water partition coefficient (Wildman–Crippen LogP) is 4.10. The van der Waals surface area contributed by atoms with Crippen LogP contribution in [0.2, 0.25) is 0 Å². The lowest BCUT2D eigenvalue weighted by Crippen LogP contribution is -2.40. The van der Waals surface area contributed by atoms with Crippen molar-refractivity contribution in [3.05, 3.63) is 78.7 Å². The first-order chi connectivity index (χ1) is 16.7. The molecule has 0 saturated heterocycles. The van der Waals surface area contributed by atoms with Crippen molar-refractivity contribution in [2.24, 2.45) is 0 Å². The zero-order valence-corrected chi connectivity index (χ0v) is 18.3. The van der Waals surface area contributed by atoms with Gasteiger partial charge in [-0.1, -0.05) is 12.1 Å². The molecule has 1 N–H and O–H groups in total. The molecule has 0 saturated carbocycles. The molecule has 0 bridgehead atoms. The Hall–Kier alpha value is -4.53. The van der Waals surface area contributed by atoms with Crippen LogP contribution in [0.3, 0.4) is 0 Å². The highest BCUT2D eigenvalue weighted by molar-refractivity contribution is 5.94. The van der Waals surface area contributed by atoms with Gasteiger partial charge in [0, 0.05) is 11.3 Å². The number of carbonyl (C=O) groups is 1. The molecule has 0 spiro atoms. The van der Waals surface area contributed by atoms with Crippen molar-refractivity contribution < 1.29 is 28.2 Å². The Kier molecular flexibility index (Phi) is 5.98. The second kappa shape index (κ2) is 9.53. The lowest BCUT2D eigenvalue weighted by Gasteiger charge is -2.25. The Morgan fingerprint density at radius 2 is 1.71 bits per heavy atom. The van der Waals surface area contributed by atoms with Crippen molar-refractivity contribution in [1.82, 2.24) is 10.2 Å². The number of para-hydroxylation sites is 2. The second-order valence-corrected chi connectivity index (χ2v) is 7.40. The third-order valence-corrected chi connectivity index (χ3v) is 5.09. The highest BCUT2D eigenvalue weighted by Gasteiger charge is 2.27. The second-order valence-electron chi connectivity index (χ2n) is 7.40. The highest BCUT2D eigenvalue weighted by atomic mass is 16.6. The fraction of sp³-hybridized carbons (Fsp3) is 0.160. The smallest absolute Gasteiger partial charge is 0.269 e. The van der Waals surface area contributed by atoms with E-state index in [0.29, 0.717) is 34.7 Å². The maximum atomic E-state index is 12.5. The quantitative estimate of drug-likeness (QED) is 0.440. The van der Waals surface area contributed by atoms with Gasteiger partial charge in [0.05, 0.1) is 7.11 Å². The molecule has 0 fully saturated rings. The van der Waals surface area contributed by atoms with Gasteiger partial charge in [0.2, 0.25) is 12.0 Å². The first-order valence-electron chi connectivity index (χ1n) is 10.6. The number of anilines is 1. The Morgan fingerprint density at radius 3 is 2.47 bits per heavy atom. The summed E-state index contributed by atoms with van der Waals surface area (Å²) in [5.74, 6) is 2.97. The Morgan fingerprint density at radius 1 is 0.971 bits per heavy atom. The summed E-state index contributed by atoms with van der Waals surface area (Å²) < 4.78 is 27.9. The van der Waals surface area contributed by atoms with Gasteiger partial charge >= 0.3 is 0 Å². The first-order valence-corrected chi connectivity index (χ1v) is 10.6. The van der Waals surface area contributed by atoms with Crippen LogP contribution in [0.25, 0.3) is 11.5 Å². The molecular formula is C25H21N3O6. The van der Waals surface area contributed by atoms with Crippen LogP contribution in [0.4, 0.5) is 5.69 Å². The third kappa shape index (κ3) is 4.78. The van der Waals surface area contributed by atoms with Crippen molar-refractivity contribution in [1.29, 1.82) is 0 Å². The van der Waals surface area contributed by atoms with E-state index in [4.69, 9.17) is 23.4 Å². The van der Waals surface area contributed by atoms with Crippen LogP contribution in [-0.4, -0.2) is 35.9 Å². The molecule has 4 aromatic rings. The van der Waals surface area contributed by atoms with E-state index >= 15 is 0 Å². The molecule has 1 aromatic heterocycles. The molecule has 0 unspecified atom stereocenters. The van der Waals surface area contributed by atoms with Gasteiger partial charge < -0.3 is 28.7 Å². The summed E-state index contributed by atoms with van der Waals surface area (Å²) in [6.45, 7) is 0.258. The average Bonchev–Trinajstić information content (AvgIpc) is 3.37. The number of benzene rings is 3. The number of nitrogens with zero attached hydrogens (tertiary/aromatic N) is 2. The van der Waals surface area contributed by atoms with Gasteiger partial charge in [-0.15, -0.1) is 10.2 Å². The number of fused-ring (bicyclic) bond motifs is 1. The average molecular weight is 459 g/mol. The molecule has 1 aliphatic rings. The molecule has 172 valence electrons. The zero-order chi connectivity index (χ0) is 23.3. The van der Waals surface area contributed by atoms with Crippen molar-refractivity contribution >= 4 is 11.6 Å². The predicted molar refractivity (Wildman–Crippen MR) is 122 cm³/mol. The third-order valence-electron chi connectivity index (χ3n) is 5.09. The summed E-state index contributed by atoms with van der Waals surface area (Å²) in [5.41, 5.74) is 1.40. The van der Waals surface area contributed by atoms with Gasteiger partial charge in [-0.25, -0.2) is 0 Å². The van der Waals surface area contributed by atoms with Crippen LogP contribution in [0.5, 0.6) is 23.0 Å². The van der Waals surface area contributed by atoms with Crippen molar-refractivity contribution in [3.63, 3.8) is 0 Å². The molecule has 2 heterocycles. The van der Waals surface area contributed by atoms with Gasteiger partial charge in [-0.3, -0.25) is 4.79 Å². The zero-order valence-electron chi connectivity index (χ0n) is 18.3. The molecule has 9 heteroatoms. The SMILES string of the molecule is COc1ccc(-c2nnc(COc3ccc(NC(=O)[C@@H]4COc5ccccc5O4)cc3)o2)cc1. The fourth-order valence-corrected chi connectivity index (χ4v) is 3.31. The van der Waals surface area contributed by atoms with Crippen molar-refractivity contribution in [2.45, 2.75) is 12.7 Å². The van der Waals surface area contributed by atoms with E-state index in [2.05, 4.69) is 15.5 Å². The van der Waals surface area contributed by atoms with Crippen LogP contribution in [0.15, 0.2) is 77.2 Å². The number of hydrogen-bond donors (Lipinski definition) is 1. The van der Waals surface area contributed by atoms with Crippen molar-refractivity contribution in [2.75, 3.05) is 19.0 Å². The van der Waals surface area contributed by atoms with E-state index in [1.165, 1.54) is 0 Å². The number of aromatic nitrogens is 2. The van der Waals surface area contributed by atoms with Crippen LogP contribution in [0.1, 0.15) is 5.89 Å².